The number of aromatic nitrogens is 1. The number of carbonyl (C=O) groups is 2. The van der Waals surface area contributed by atoms with Gasteiger partial charge >= 0.3 is 5.97 Å². The van der Waals surface area contributed by atoms with Crippen molar-refractivity contribution in [3.05, 3.63) is 45.9 Å². The Morgan fingerprint density at radius 2 is 2.04 bits per heavy atom. The van der Waals surface area contributed by atoms with Crippen molar-refractivity contribution in [2.45, 2.75) is 37.3 Å². The van der Waals surface area contributed by atoms with Crippen LogP contribution in [0.25, 0.3) is 0 Å². The van der Waals surface area contributed by atoms with Crippen LogP contribution in [0, 0.1) is 6.92 Å². The van der Waals surface area contributed by atoms with Gasteiger partial charge in [-0.2, -0.15) is 0 Å². The van der Waals surface area contributed by atoms with Gasteiger partial charge in [-0.3, -0.25) is 9.59 Å². The fourth-order valence-electron chi connectivity index (χ4n) is 2.10. The highest BCUT2D eigenvalue weighted by atomic mass is 32.2. The second-order valence-corrected chi connectivity index (χ2v) is 7.45. The second kappa shape index (κ2) is 10.2. The molecular formula is C18H22N2O3S2. The molecular weight excluding hydrogens is 356 g/mol. The highest BCUT2D eigenvalue weighted by molar-refractivity contribution is 7.98. The van der Waals surface area contributed by atoms with Crippen molar-refractivity contribution in [3.63, 3.8) is 0 Å². The maximum Gasteiger partial charge on any atom is 0.305 e. The molecule has 0 bridgehead atoms. The van der Waals surface area contributed by atoms with Gasteiger partial charge < -0.3 is 10.1 Å². The summed E-state index contributed by atoms with van der Waals surface area (Å²) < 4.78 is 4.85. The molecule has 2 aromatic rings. The third kappa shape index (κ3) is 6.88. The van der Waals surface area contributed by atoms with Crippen LogP contribution in [-0.2, 0) is 15.3 Å². The lowest BCUT2D eigenvalue weighted by Gasteiger charge is -2.06. The number of benzene rings is 1. The summed E-state index contributed by atoms with van der Waals surface area (Å²) in [5, 5.41) is 5.96. The topological polar surface area (TPSA) is 68.3 Å². The molecule has 7 heteroatoms. The van der Waals surface area contributed by atoms with Crippen LogP contribution >= 0.6 is 23.1 Å². The van der Waals surface area contributed by atoms with Crippen molar-refractivity contribution >= 4 is 35.0 Å². The Labute approximate surface area is 156 Å². The van der Waals surface area contributed by atoms with E-state index >= 15 is 0 Å². The number of thioether (sulfide) groups is 1. The summed E-state index contributed by atoms with van der Waals surface area (Å²) in [7, 11) is 0. The number of hydrogen-bond acceptors (Lipinski definition) is 6. The molecule has 0 fully saturated rings. The highest BCUT2D eigenvalue weighted by Crippen LogP contribution is 2.23. The number of carbonyl (C=O) groups excluding carboxylic acids is 2. The Kier molecular flexibility index (Phi) is 7.94. The van der Waals surface area contributed by atoms with Crippen LogP contribution in [0.15, 0.2) is 34.5 Å². The molecule has 0 aliphatic carbocycles. The largest absolute Gasteiger partial charge is 0.466 e. The van der Waals surface area contributed by atoms with E-state index in [9.17, 15) is 9.59 Å². The molecule has 1 aromatic carbocycles. The van der Waals surface area contributed by atoms with Gasteiger partial charge in [-0.25, -0.2) is 4.98 Å². The molecule has 0 saturated carbocycles. The van der Waals surface area contributed by atoms with Crippen LogP contribution in [-0.4, -0.2) is 30.0 Å². The SMILES string of the molecule is CCOC(=O)CCCNC(=O)c1ccc(SCc2csc(C)n2)cc1. The van der Waals surface area contributed by atoms with Gasteiger partial charge in [0.25, 0.3) is 5.91 Å². The summed E-state index contributed by atoms with van der Waals surface area (Å²) in [4.78, 5) is 28.8. The highest BCUT2D eigenvalue weighted by Gasteiger charge is 2.07. The molecule has 134 valence electrons. The van der Waals surface area contributed by atoms with E-state index in [2.05, 4.69) is 15.7 Å². The van der Waals surface area contributed by atoms with Crippen molar-refractivity contribution in [2.75, 3.05) is 13.2 Å². The molecule has 2 rings (SSSR count). The lowest BCUT2D eigenvalue weighted by atomic mass is 10.2. The Hall–Kier alpha value is -1.86. The van der Waals surface area contributed by atoms with E-state index in [1.165, 1.54) is 0 Å². The summed E-state index contributed by atoms with van der Waals surface area (Å²) in [6.45, 7) is 4.62. The van der Waals surface area contributed by atoms with Crippen molar-refractivity contribution < 1.29 is 14.3 Å². The van der Waals surface area contributed by atoms with E-state index in [4.69, 9.17) is 4.74 Å². The first-order valence-electron chi connectivity index (χ1n) is 8.16. The van der Waals surface area contributed by atoms with E-state index in [0.29, 0.717) is 31.6 Å². The number of amides is 1. The number of nitrogens with one attached hydrogen (secondary N) is 1. The molecule has 1 heterocycles. The Morgan fingerprint density at radius 1 is 1.28 bits per heavy atom. The van der Waals surface area contributed by atoms with Crippen LogP contribution in [0.5, 0.6) is 0 Å². The van der Waals surface area contributed by atoms with Crippen LogP contribution < -0.4 is 5.32 Å². The van der Waals surface area contributed by atoms with Gasteiger partial charge in [-0.15, -0.1) is 23.1 Å². The summed E-state index contributed by atoms with van der Waals surface area (Å²) in [5.74, 6) is 0.466. The van der Waals surface area contributed by atoms with Gasteiger partial charge in [0, 0.05) is 34.6 Å². The minimum absolute atomic E-state index is 0.129. The number of esters is 1. The average Bonchev–Trinajstić information content (AvgIpc) is 3.03. The number of hydrogen-bond donors (Lipinski definition) is 1. The molecule has 0 unspecified atom stereocenters. The lowest BCUT2D eigenvalue weighted by molar-refractivity contribution is -0.143. The third-order valence-electron chi connectivity index (χ3n) is 3.32. The molecule has 0 atom stereocenters. The summed E-state index contributed by atoms with van der Waals surface area (Å²) in [6, 6.07) is 7.51. The third-order valence-corrected chi connectivity index (χ3v) is 5.19. The summed E-state index contributed by atoms with van der Waals surface area (Å²) in [6.07, 6.45) is 0.894. The van der Waals surface area contributed by atoms with E-state index in [-0.39, 0.29) is 11.9 Å². The van der Waals surface area contributed by atoms with E-state index in [1.54, 1.807) is 30.0 Å². The van der Waals surface area contributed by atoms with Crippen molar-refractivity contribution in [1.29, 1.82) is 0 Å². The monoisotopic (exact) mass is 378 g/mol. The van der Waals surface area contributed by atoms with Crippen molar-refractivity contribution in [3.8, 4) is 0 Å². The van der Waals surface area contributed by atoms with Crippen LogP contribution in [0.4, 0.5) is 0 Å². The zero-order valence-electron chi connectivity index (χ0n) is 14.4. The van der Waals surface area contributed by atoms with Crippen molar-refractivity contribution in [1.82, 2.24) is 10.3 Å². The van der Waals surface area contributed by atoms with Crippen LogP contribution in [0.2, 0.25) is 0 Å². The van der Waals surface area contributed by atoms with Crippen molar-refractivity contribution in [2.24, 2.45) is 0 Å². The minimum Gasteiger partial charge on any atom is -0.466 e. The number of rotatable bonds is 9. The normalized spacial score (nSPS) is 10.5. The number of ether oxygens (including phenoxy) is 1. The van der Waals surface area contributed by atoms with Gasteiger partial charge in [0.2, 0.25) is 0 Å². The maximum atomic E-state index is 12.1. The predicted molar refractivity (Wildman–Crippen MR) is 101 cm³/mol. The Balaban J connectivity index is 1.73. The first-order chi connectivity index (χ1) is 12.1. The second-order valence-electron chi connectivity index (χ2n) is 5.34. The molecule has 1 N–H and O–H groups in total. The van der Waals surface area contributed by atoms with Gasteiger partial charge in [0.1, 0.15) is 0 Å². The summed E-state index contributed by atoms with van der Waals surface area (Å²) in [5.41, 5.74) is 1.70. The molecule has 0 saturated heterocycles. The predicted octanol–water partition coefficient (Wildman–Crippen LogP) is 3.82. The molecule has 1 amide bonds. The van der Waals surface area contributed by atoms with Gasteiger partial charge in [0.15, 0.2) is 0 Å². The van der Waals surface area contributed by atoms with Gasteiger partial charge in [-0.05, 0) is 44.5 Å². The fraction of sp³-hybridized carbons (Fsp3) is 0.389. The quantitative estimate of drug-likeness (QED) is 0.408. The number of aryl methyl sites for hydroxylation is 1. The first-order valence-corrected chi connectivity index (χ1v) is 10.0. The Bertz CT molecular complexity index is 699. The van der Waals surface area contributed by atoms with E-state index in [0.717, 1.165) is 21.3 Å². The van der Waals surface area contributed by atoms with Gasteiger partial charge in [0.05, 0.1) is 17.3 Å². The van der Waals surface area contributed by atoms with Crippen LogP contribution in [0.3, 0.4) is 0 Å². The van der Waals surface area contributed by atoms with Gasteiger partial charge in [-0.1, -0.05) is 0 Å². The Morgan fingerprint density at radius 3 is 2.68 bits per heavy atom. The molecule has 1 aromatic heterocycles. The standard InChI is InChI=1S/C18H22N2O3S2/c1-3-23-17(21)5-4-10-19-18(22)14-6-8-16(9-7-14)25-12-15-11-24-13(2)20-15/h6-9,11H,3-5,10,12H2,1-2H3,(H,19,22). The molecule has 0 radical (unpaired) electrons. The molecule has 0 spiro atoms. The maximum absolute atomic E-state index is 12.1. The first kappa shape index (κ1) is 19.5. The molecule has 25 heavy (non-hydrogen) atoms. The van der Waals surface area contributed by atoms with E-state index < -0.39 is 0 Å². The zero-order chi connectivity index (χ0) is 18.1. The van der Waals surface area contributed by atoms with Crippen LogP contribution in [0.1, 0.15) is 40.8 Å². The number of nitrogens with zero attached hydrogens (tertiary/aromatic N) is 1. The summed E-state index contributed by atoms with van der Waals surface area (Å²) >= 11 is 3.35. The number of thiazole rings is 1. The lowest BCUT2D eigenvalue weighted by Crippen LogP contribution is -2.25. The minimum atomic E-state index is -0.228. The zero-order valence-corrected chi connectivity index (χ0v) is 16.0. The average molecular weight is 379 g/mol. The molecule has 5 nitrogen and oxygen atoms in total. The molecule has 0 aliphatic rings. The van der Waals surface area contributed by atoms with E-state index in [1.807, 2.05) is 31.2 Å². The molecule has 0 aliphatic heterocycles. The smallest absolute Gasteiger partial charge is 0.305 e. The fourth-order valence-corrected chi connectivity index (χ4v) is 3.61.